The van der Waals surface area contributed by atoms with Gasteiger partial charge in [-0.3, -0.25) is 9.30 Å². The molecule has 4 heterocycles. The number of rotatable bonds is 5. The minimum atomic E-state index is -4.46. The maximum Gasteiger partial charge on any atom is 0.408 e. The Balaban J connectivity index is 1.36. The van der Waals surface area contributed by atoms with Crippen LogP contribution in [0.1, 0.15) is 37.3 Å². The van der Waals surface area contributed by atoms with Gasteiger partial charge in [0.2, 0.25) is 0 Å². The van der Waals surface area contributed by atoms with E-state index < -0.39 is 18.3 Å². The average molecular weight is 513 g/mol. The highest BCUT2D eigenvalue weighted by Crippen LogP contribution is 2.39. The minimum Gasteiger partial charge on any atom is -0.488 e. The van der Waals surface area contributed by atoms with E-state index in [2.05, 4.69) is 10.2 Å². The van der Waals surface area contributed by atoms with Gasteiger partial charge in [-0.1, -0.05) is 12.1 Å². The molecule has 0 amide bonds. The van der Waals surface area contributed by atoms with Gasteiger partial charge in [0.1, 0.15) is 23.6 Å². The highest BCUT2D eigenvalue weighted by molar-refractivity contribution is 5.82. The summed E-state index contributed by atoms with van der Waals surface area (Å²) >= 11 is 0. The van der Waals surface area contributed by atoms with E-state index in [-0.39, 0.29) is 30.8 Å². The van der Waals surface area contributed by atoms with Crippen molar-refractivity contribution in [3.63, 3.8) is 0 Å². The Morgan fingerprint density at radius 1 is 1.05 bits per heavy atom. The topological polar surface area (TPSA) is 102 Å². The van der Waals surface area contributed by atoms with E-state index in [1.165, 1.54) is 17.2 Å². The smallest absolute Gasteiger partial charge is 0.408 e. The summed E-state index contributed by atoms with van der Waals surface area (Å²) < 4.78 is 50.0. The number of hydrogen-bond donors (Lipinski definition) is 2. The van der Waals surface area contributed by atoms with Crippen LogP contribution in [0.15, 0.2) is 48.7 Å². The molecule has 1 saturated heterocycles. The van der Waals surface area contributed by atoms with Gasteiger partial charge < -0.3 is 15.6 Å². The molecule has 0 bridgehead atoms. The van der Waals surface area contributed by atoms with Gasteiger partial charge in [0, 0.05) is 36.8 Å². The third kappa shape index (κ3) is 4.62. The highest BCUT2D eigenvalue weighted by Gasteiger charge is 2.46. The Bertz CT molecular complexity index is 1440. The van der Waals surface area contributed by atoms with Crippen molar-refractivity contribution < 1.29 is 23.0 Å². The lowest BCUT2D eigenvalue weighted by Crippen LogP contribution is -2.38. The molecular formula is C26H27F3N6O2. The summed E-state index contributed by atoms with van der Waals surface area (Å²) in [4.78, 5) is 6.10. The van der Waals surface area contributed by atoms with E-state index in [1.54, 1.807) is 22.6 Å². The molecule has 2 aliphatic rings. The first kappa shape index (κ1) is 24.1. The molecule has 1 aromatic carbocycles. The number of halogens is 3. The zero-order chi connectivity index (χ0) is 25.7. The van der Waals surface area contributed by atoms with Crippen LogP contribution in [0.4, 0.5) is 13.2 Å². The van der Waals surface area contributed by atoms with E-state index in [0.29, 0.717) is 34.9 Å². The van der Waals surface area contributed by atoms with Crippen molar-refractivity contribution in [1.29, 1.82) is 0 Å². The molecule has 194 valence electrons. The fraction of sp³-hybridized carbons (Fsp3) is 0.423. The molecule has 3 aromatic heterocycles. The average Bonchev–Trinajstić information content (AvgIpc) is 3.58. The standard InChI is InChI=1S/C26H27F3N6O2/c27-26(28,29)24(34-11-10-17(30)14-34)16-6-9-23-32-33-25(35(23)13-16)19-8-5-15-4-7-18(12-20(15)31-19)37-22-3-1-2-21(22)36/h4-9,12-13,17,21-22,24,36H,1-3,10-11,14,30H2. The molecule has 3 N–H and O–H groups in total. The van der Waals surface area contributed by atoms with Gasteiger partial charge in [-0.25, -0.2) is 4.98 Å². The van der Waals surface area contributed by atoms with Crippen molar-refractivity contribution in [3.8, 4) is 17.3 Å². The summed E-state index contributed by atoms with van der Waals surface area (Å²) in [5.74, 6) is 0.948. The number of nitrogens with two attached hydrogens (primary N) is 1. The number of ether oxygens (including phenoxy) is 1. The second-order valence-corrected chi connectivity index (χ2v) is 9.91. The molecule has 1 aliphatic heterocycles. The van der Waals surface area contributed by atoms with Crippen molar-refractivity contribution in [2.24, 2.45) is 5.73 Å². The first-order chi connectivity index (χ1) is 17.8. The number of fused-ring (bicyclic) bond motifs is 2. The monoisotopic (exact) mass is 512 g/mol. The Morgan fingerprint density at radius 3 is 2.62 bits per heavy atom. The quantitative estimate of drug-likeness (QED) is 0.419. The highest BCUT2D eigenvalue weighted by atomic mass is 19.4. The predicted octanol–water partition coefficient (Wildman–Crippen LogP) is 3.87. The largest absolute Gasteiger partial charge is 0.488 e. The van der Waals surface area contributed by atoms with Gasteiger partial charge in [-0.2, -0.15) is 13.2 Å². The van der Waals surface area contributed by atoms with Crippen molar-refractivity contribution in [2.45, 2.75) is 56.2 Å². The van der Waals surface area contributed by atoms with Gasteiger partial charge in [-0.05, 0) is 55.5 Å². The molecule has 1 saturated carbocycles. The number of likely N-dealkylation sites (tertiary alicyclic amines) is 1. The molecular weight excluding hydrogens is 485 g/mol. The second kappa shape index (κ2) is 9.23. The van der Waals surface area contributed by atoms with Gasteiger partial charge in [0.05, 0.1) is 11.6 Å². The van der Waals surface area contributed by atoms with Crippen LogP contribution in [0, 0.1) is 0 Å². The molecule has 1 aliphatic carbocycles. The lowest BCUT2D eigenvalue weighted by atomic mass is 10.1. The number of aromatic nitrogens is 4. The number of alkyl halides is 3. The molecule has 4 unspecified atom stereocenters. The van der Waals surface area contributed by atoms with E-state index in [0.717, 1.165) is 24.6 Å². The summed E-state index contributed by atoms with van der Waals surface area (Å²) in [6.07, 6.45) is -0.779. The zero-order valence-corrected chi connectivity index (χ0v) is 20.0. The number of aliphatic hydroxyl groups excluding tert-OH is 1. The van der Waals surface area contributed by atoms with Gasteiger partial charge in [0.15, 0.2) is 11.5 Å². The van der Waals surface area contributed by atoms with Gasteiger partial charge >= 0.3 is 6.18 Å². The maximum absolute atomic E-state index is 14.2. The van der Waals surface area contributed by atoms with Crippen LogP contribution in [0.25, 0.3) is 28.1 Å². The van der Waals surface area contributed by atoms with Crippen LogP contribution in [0.3, 0.4) is 0 Å². The van der Waals surface area contributed by atoms with Crippen molar-refractivity contribution in [3.05, 3.63) is 54.2 Å². The number of nitrogens with zero attached hydrogens (tertiary/aromatic N) is 5. The lowest BCUT2D eigenvalue weighted by molar-refractivity contribution is -0.183. The number of benzene rings is 1. The number of pyridine rings is 2. The molecule has 6 rings (SSSR count). The summed E-state index contributed by atoms with van der Waals surface area (Å²) in [6.45, 7) is 0.471. The van der Waals surface area contributed by atoms with E-state index in [1.807, 2.05) is 18.2 Å². The maximum atomic E-state index is 14.2. The van der Waals surface area contributed by atoms with E-state index in [9.17, 15) is 18.3 Å². The van der Waals surface area contributed by atoms with Crippen LogP contribution in [-0.2, 0) is 0 Å². The van der Waals surface area contributed by atoms with Crippen LogP contribution >= 0.6 is 0 Å². The van der Waals surface area contributed by atoms with E-state index in [4.69, 9.17) is 15.5 Å². The molecule has 11 heteroatoms. The molecule has 2 fully saturated rings. The molecule has 8 nitrogen and oxygen atoms in total. The van der Waals surface area contributed by atoms with Crippen LogP contribution in [0.5, 0.6) is 5.75 Å². The molecule has 0 radical (unpaired) electrons. The lowest BCUT2D eigenvalue weighted by Gasteiger charge is -2.30. The van der Waals surface area contributed by atoms with Crippen molar-refractivity contribution in [2.75, 3.05) is 13.1 Å². The van der Waals surface area contributed by atoms with Crippen molar-refractivity contribution >= 4 is 16.6 Å². The first-order valence-corrected chi connectivity index (χ1v) is 12.4. The Labute approximate surface area is 210 Å². The normalized spacial score (nSPS) is 23.8. The first-order valence-electron chi connectivity index (χ1n) is 12.4. The SMILES string of the molecule is NC1CCN(C(c2ccc3nnc(-c4ccc5ccc(OC6CCCC6O)cc5n4)n3c2)C(F)(F)F)C1. The second-order valence-electron chi connectivity index (χ2n) is 9.91. The fourth-order valence-electron chi connectivity index (χ4n) is 5.41. The Morgan fingerprint density at radius 2 is 1.89 bits per heavy atom. The van der Waals surface area contributed by atoms with Crippen LogP contribution in [-0.4, -0.2) is 67.1 Å². The summed E-state index contributed by atoms with van der Waals surface area (Å²) in [5.41, 5.74) is 7.55. The number of hydrogen-bond acceptors (Lipinski definition) is 7. The molecule has 37 heavy (non-hydrogen) atoms. The summed E-state index contributed by atoms with van der Waals surface area (Å²) in [7, 11) is 0. The van der Waals surface area contributed by atoms with Crippen LogP contribution < -0.4 is 10.5 Å². The third-order valence-corrected chi connectivity index (χ3v) is 7.27. The molecule has 4 aromatic rings. The number of aliphatic hydroxyl groups is 1. The van der Waals surface area contributed by atoms with E-state index >= 15 is 0 Å². The predicted molar refractivity (Wildman–Crippen MR) is 131 cm³/mol. The minimum absolute atomic E-state index is 0.0988. The third-order valence-electron chi connectivity index (χ3n) is 7.27. The molecule has 0 spiro atoms. The fourth-order valence-corrected chi connectivity index (χ4v) is 5.41. The van der Waals surface area contributed by atoms with Crippen molar-refractivity contribution in [1.82, 2.24) is 24.5 Å². The Kier molecular flexibility index (Phi) is 6.01. The van der Waals surface area contributed by atoms with Gasteiger partial charge in [0.25, 0.3) is 0 Å². The zero-order valence-electron chi connectivity index (χ0n) is 20.0. The molecule has 4 atom stereocenters. The van der Waals surface area contributed by atoms with Crippen LogP contribution in [0.2, 0.25) is 0 Å². The summed E-state index contributed by atoms with van der Waals surface area (Å²) in [6, 6.07) is 10.1. The Hall–Kier alpha value is -3.28. The van der Waals surface area contributed by atoms with Gasteiger partial charge in [-0.15, -0.1) is 10.2 Å². The summed E-state index contributed by atoms with van der Waals surface area (Å²) in [5, 5.41) is 19.3.